The number of nitrogens with zero attached hydrogens (tertiary/aromatic N) is 4. The number of carbonyl (C=O) groups is 1. The molecule has 1 atom stereocenters. The first-order valence-corrected chi connectivity index (χ1v) is 10.1. The van der Waals surface area contributed by atoms with Crippen molar-refractivity contribution >= 4 is 22.8 Å². The van der Waals surface area contributed by atoms with E-state index in [0.717, 1.165) is 35.2 Å². The van der Waals surface area contributed by atoms with E-state index in [1.165, 1.54) is 0 Å². The Balaban J connectivity index is 1.24. The molecule has 1 aliphatic rings. The third-order valence-electron chi connectivity index (χ3n) is 5.48. The molecule has 1 aromatic carbocycles. The van der Waals surface area contributed by atoms with Gasteiger partial charge in [-0.05, 0) is 30.7 Å². The molecule has 8 heteroatoms. The number of furan rings is 1. The van der Waals surface area contributed by atoms with Gasteiger partial charge in [-0.15, -0.1) is 0 Å². The Morgan fingerprint density at radius 1 is 1.13 bits per heavy atom. The minimum absolute atomic E-state index is 0.0228. The first-order valence-electron chi connectivity index (χ1n) is 10.1. The molecule has 1 fully saturated rings. The Morgan fingerprint density at radius 2 is 1.94 bits per heavy atom. The van der Waals surface area contributed by atoms with E-state index in [9.17, 15) is 4.79 Å². The molecule has 3 aromatic heterocycles. The molecule has 0 bridgehead atoms. The first kappa shape index (κ1) is 19.2. The zero-order valence-corrected chi connectivity index (χ0v) is 16.7. The summed E-state index contributed by atoms with van der Waals surface area (Å²) in [7, 11) is 0. The van der Waals surface area contributed by atoms with Gasteiger partial charge in [-0.1, -0.05) is 12.1 Å². The number of fused-ring (bicyclic) bond motifs is 1. The molecule has 1 amide bonds. The van der Waals surface area contributed by atoms with Crippen LogP contribution in [0, 0.1) is 0 Å². The Hall–Kier alpha value is -3.78. The monoisotopic (exact) mass is 415 g/mol. The smallest absolute Gasteiger partial charge is 0.251 e. The number of aromatic nitrogens is 3. The van der Waals surface area contributed by atoms with Crippen molar-refractivity contribution in [3.8, 4) is 11.3 Å². The predicted molar refractivity (Wildman–Crippen MR) is 115 cm³/mol. The van der Waals surface area contributed by atoms with Crippen molar-refractivity contribution in [1.82, 2.24) is 20.3 Å². The molecule has 4 aromatic rings. The Morgan fingerprint density at radius 3 is 2.71 bits per heavy atom. The van der Waals surface area contributed by atoms with Gasteiger partial charge in [-0.2, -0.15) is 0 Å². The van der Waals surface area contributed by atoms with Crippen molar-refractivity contribution in [3.63, 3.8) is 0 Å². The number of benzene rings is 1. The van der Waals surface area contributed by atoms with Crippen molar-refractivity contribution in [3.05, 3.63) is 72.4 Å². The SMILES string of the molecule is O=C(NC1CCN(c2ncc(CO)cn2)C1)c1ccc(-c2nccc3occc23)cc1. The highest BCUT2D eigenvalue weighted by Gasteiger charge is 2.26. The molecule has 0 aliphatic carbocycles. The van der Waals surface area contributed by atoms with E-state index in [4.69, 9.17) is 9.52 Å². The summed E-state index contributed by atoms with van der Waals surface area (Å²) in [6.07, 6.45) is 7.42. The van der Waals surface area contributed by atoms with Crippen LogP contribution in [0.3, 0.4) is 0 Å². The fourth-order valence-electron chi connectivity index (χ4n) is 3.83. The molecule has 1 aliphatic heterocycles. The number of anilines is 1. The highest BCUT2D eigenvalue weighted by molar-refractivity contribution is 5.96. The molecular weight excluding hydrogens is 394 g/mol. The molecule has 0 radical (unpaired) electrons. The number of rotatable bonds is 5. The quantitative estimate of drug-likeness (QED) is 0.516. The highest BCUT2D eigenvalue weighted by Crippen LogP contribution is 2.27. The normalized spacial score (nSPS) is 16.0. The molecule has 31 heavy (non-hydrogen) atoms. The fraction of sp³-hybridized carbons (Fsp3) is 0.217. The molecule has 1 saturated heterocycles. The van der Waals surface area contributed by atoms with Gasteiger partial charge in [0.25, 0.3) is 5.91 Å². The van der Waals surface area contributed by atoms with Crippen LogP contribution in [0.15, 0.2) is 65.7 Å². The second-order valence-corrected chi connectivity index (χ2v) is 7.52. The number of nitrogens with one attached hydrogen (secondary N) is 1. The van der Waals surface area contributed by atoms with Crippen LogP contribution in [-0.4, -0.2) is 45.1 Å². The maximum absolute atomic E-state index is 12.7. The van der Waals surface area contributed by atoms with Crippen LogP contribution in [0.25, 0.3) is 22.2 Å². The zero-order valence-electron chi connectivity index (χ0n) is 16.7. The number of hydrogen-bond acceptors (Lipinski definition) is 7. The molecule has 8 nitrogen and oxygen atoms in total. The Labute approximate surface area is 178 Å². The summed E-state index contributed by atoms with van der Waals surface area (Å²) in [6.45, 7) is 1.34. The van der Waals surface area contributed by atoms with Gasteiger partial charge in [0, 0.05) is 59.8 Å². The van der Waals surface area contributed by atoms with Crippen LogP contribution in [0.1, 0.15) is 22.3 Å². The van der Waals surface area contributed by atoms with Crippen molar-refractivity contribution in [1.29, 1.82) is 0 Å². The fourth-order valence-corrected chi connectivity index (χ4v) is 3.83. The number of carbonyl (C=O) groups excluding carboxylic acids is 1. The van der Waals surface area contributed by atoms with Crippen molar-refractivity contribution < 1.29 is 14.3 Å². The number of aliphatic hydroxyl groups excluding tert-OH is 1. The number of amides is 1. The maximum Gasteiger partial charge on any atom is 0.251 e. The van der Waals surface area contributed by atoms with Crippen LogP contribution in [0.5, 0.6) is 0 Å². The topological polar surface area (TPSA) is 104 Å². The van der Waals surface area contributed by atoms with Gasteiger partial charge in [-0.25, -0.2) is 9.97 Å². The molecule has 0 spiro atoms. The lowest BCUT2D eigenvalue weighted by Crippen LogP contribution is -2.37. The second-order valence-electron chi connectivity index (χ2n) is 7.52. The van der Waals surface area contributed by atoms with Crippen molar-refractivity contribution in [2.75, 3.05) is 18.0 Å². The highest BCUT2D eigenvalue weighted by atomic mass is 16.3. The van der Waals surface area contributed by atoms with Crippen LogP contribution < -0.4 is 10.2 Å². The average molecular weight is 415 g/mol. The van der Waals surface area contributed by atoms with Gasteiger partial charge in [-0.3, -0.25) is 9.78 Å². The van der Waals surface area contributed by atoms with E-state index in [1.807, 2.05) is 41.3 Å². The first-order chi connectivity index (χ1) is 15.2. The van der Waals surface area contributed by atoms with E-state index < -0.39 is 0 Å². The Kier molecular flexibility index (Phi) is 5.05. The van der Waals surface area contributed by atoms with E-state index in [2.05, 4.69) is 20.3 Å². The van der Waals surface area contributed by atoms with Gasteiger partial charge in [0.1, 0.15) is 5.58 Å². The summed E-state index contributed by atoms with van der Waals surface area (Å²) < 4.78 is 5.44. The molecule has 0 saturated carbocycles. The maximum atomic E-state index is 12.7. The zero-order chi connectivity index (χ0) is 21.2. The average Bonchev–Trinajstić information content (AvgIpc) is 3.49. The van der Waals surface area contributed by atoms with E-state index in [1.54, 1.807) is 24.9 Å². The minimum atomic E-state index is -0.107. The van der Waals surface area contributed by atoms with Crippen molar-refractivity contribution in [2.45, 2.75) is 19.1 Å². The van der Waals surface area contributed by atoms with Crippen LogP contribution in [0.4, 0.5) is 5.95 Å². The number of hydrogen-bond donors (Lipinski definition) is 2. The van der Waals surface area contributed by atoms with Crippen LogP contribution in [-0.2, 0) is 6.61 Å². The summed E-state index contributed by atoms with van der Waals surface area (Å²) in [6, 6.07) is 11.2. The van der Waals surface area contributed by atoms with E-state index in [-0.39, 0.29) is 18.6 Å². The third kappa shape index (κ3) is 3.85. The molecule has 2 N–H and O–H groups in total. The van der Waals surface area contributed by atoms with Crippen LogP contribution >= 0.6 is 0 Å². The summed E-state index contributed by atoms with van der Waals surface area (Å²) in [5, 5.41) is 13.2. The molecular formula is C23H21N5O3. The van der Waals surface area contributed by atoms with Gasteiger partial charge >= 0.3 is 0 Å². The summed E-state index contributed by atoms with van der Waals surface area (Å²) in [5.41, 5.74) is 3.82. The van der Waals surface area contributed by atoms with Gasteiger partial charge in [0.05, 0.1) is 18.6 Å². The minimum Gasteiger partial charge on any atom is -0.464 e. The van der Waals surface area contributed by atoms with Gasteiger partial charge in [0.2, 0.25) is 5.95 Å². The lowest BCUT2D eigenvalue weighted by atomic mass is 10.1. The summed E-state index contributed by atoms with van der Waals surface area (Å²) in [5.74, 6) is 0.503. The summed E-state index contributed by atoms with van der Waals surface area (Å²) in [4.78, 5) is 27.8. The number of pyridine rings is 1. The lowest BCUT2D eigenvalue weighted by Gasteiger charge is -2.17. The second kappa shape index (κ2) is 8.16. The number of aliphatic hydroxyl groups is 1. The molecule has 156 valence electrons. The largest absolute Gasteiger partial charge is 0.464 e. The summed E-state index contributed by atoms with van der Waals surface area (Å²) >= 11 is 0. The Bertz CT molecular complexity index is 1200. The molecule has 4 heterocycles. The standard InChI is InChI=1S/C23H21N5O3/c29-14-15-11-25-23(26-12-15)28-9-6-18(13-28)27-22(30)17-3-1-16(2-4-17)21-19-7-10-31-20(19)5-8-24-21/h1-5,7-8,10-12,18,29H,6,9,13-14H2,(H,27,30). The van der Waals surface area contributed by atoms with E-state index >= 15 is 0 Å². The molecule has 5 rings (SSSR count). The van der Waals surface area contributed by atoms with Crippen LogP contribution in [0.2, 0.25) is 0 Å². The lowest BCUT2D eigenvalue weighted by molar-refractivity contribution is 0.0940. The predicted octanol–water partition coefficient (Wildman–Crippen LogP) is 2.79. The van der Waals surface area contributed by atoms with Gasteiger partial charge in [0.15, 0.2) is 0 Å². The van der Waals surface area contributed by atoms with E-state index in [0.29, 0.717) is 23.6 Å². The molecule has 1 unspecified atom stereocenters. The third-order valence-corrected chi connectivity index (χ3v) is 5.48. The van der Waals surface area contributed by atoms with Gasteiger partial charge < -0.3 is 19.7 Å². The van der Waals surface area contributed by atoms with Crippen molar-refractivity contribution in [2.24, 2.45) is 0 Å².